The van der Waals surface area contributed by atoms with Crippen LogP contribution in [0.25, 0.3) is 0 Å². The molecule has 1 saturated heterocycles. The number of morpholine rings is 1. The molecule has 9 nitrogen and oxygen atoms in total. The normalized spacial score (nSPS) is 16.4. The summed E-state index contributed by atoms with van der Waals surface area (Å²) < 4.78 is 5.35. The summed E-state index contributed by atoms with van der Waals surface area (Å²) in [4.78, 5) is 46.8. The molecule has 2 fully saturated rings. The van der Waals surface area contributed by atoms with Crippen LogP contribution in [0.1, 0.15) is 48.9 Å². The van der Waals surface area contributed by atoms with Crippen LogP contribution in [-0.2, 0) is 27.3 Å². The molecule has 1 saturated carbocycles. The standard InChI is InChI=1S/C25H33N5O4/c1-17-21(24(33)29-25(27-17)30-11-13-34-14-12-30)9-10-22(31)26-16-18-5-4-8-20(15-18)28-23(32)19-6-2-3-7-19/h4-5,8,15,19H,2-3,6-7,9-14,16H2,1H3,(H,26,31)(H,28,32)(H,27,29,33). The average Bonchev–Trinajstić information content (AvgIpc) is 3.38. The van der Waals surface area contributed by atoms with Gasteiger partial charge in [-0.2, -0.15) is 0 Å². The molecule has 1 aromatic heterocycles. The molecule has 9 heteroatoms. The van der Waals surface area contributed by atoms with Crippen molar-refractivity contribution in [2.75, 3.05) is 36.5 Å². The van der Waals surface area contributed by atoms with E-state index in [0.29, 0.717) is 56.5 Å². The Labute approximate surface area is 199 Å². The van der Waals surface area contributed by atoms with Crippen molar-refractivity contribution in [1.82, 2.24) is 15.3 Å². The average molecular weight is 468 g/mol. The van der Waals surface area contributed by atoms with Gasteiger partial charge in [-0.05, 0) is 43.9 Å². The van der Waals surface area contributed by atoms with Crippen LogP contribution in [0.15, 0.2) is 29.1 Å². The molecule has 0 bridgehead atoms. The molecule has 0 atom stereocenters. The molecule has 0 radical (unpaired) electrons. The number of nitrogens with one attached hydrogen (secondary N) is 3. The minimum absolute atomic E-state index is 0.0764. The quantitative estimate of drug-likeness (QED) is 0.549. The molecule has 2 amide bonds. The van der Waals surface area contributed by atoms with E-state index in [1.54, 1.807) is 6.92 Å². The topological polar surface area (TPSA) is 116 Å². The van der Waals surface area contributed by atoms with E-state index >= 15 is 0 Å². The number of aromatic nitrogens is 2. The molecule has 4 rings (SSSR count). The second-order valence-corrected chi connectivity index (χ2v) is 9.00. The third kappa shape index (κ3) is 6.22. The number of anilines is 2. The van der Waals surface area contributed by atoms with Crippen molar-refractivity contribution in [3.8, 4) is 0 Å². The smallest absolute Gasteiger partial charge is 0.255 e. The van der Waals surface area contributed by atoms with Gasteiger partial charge in [-0.1, -0.05) is 25.0 Å². The predicted molar refractivity (Wildman–Crippen MR) is 130 cm³/mol. The molecule has 2 aliphatic rings. The number of ether oxygens (including phenoxy) is 1. The maximum atomic E-state index is 12.6. The number of carbonyl (C=O) groups excluding carboxylic acids is 2. The first-order valence-electron chi connectivity index (χ1n) is 12.1. The number of aromatic amines is 1. The zero-order valence-electron chi connectivity index (χ0n) is 19.7. The van der Waals surface area contributed by atoms with E-state index in [-0.39, 0.29) is 29.7 Å². The van der Waals surface area contributed by atoms with Crippen LogP contribution >= 0.6 is 0 Å². The zero-order chi connectivity index (χ0) is 23.9. The summed E-state index contributed by atoms with van der Waals surface area (Å²) in [5.74, 6) is 0.593. The Balaban J connectivity index is 1.27. The van der Waals surface area contributed by atoms with E-state index in [1.807, 2.05) is 29.2 Å². The lowest BCUT2D eigenvalue weighted by molar-refractivity contribution is -0.121. The van der Waals surface area contributed by atoms with Crippen LogP contribution in [0.4, 0.5) is 11.6 Å². The van der Waals surface area contributed by atoms with Gasteiger partial charge < -0.3 is 20.3 Å². The first kappa shape index (κ1) is 23.9. The molecule has 1 aliphatic heterocycles. The molecule has 1 aliphatic carbocycles. The van der Waals surface area contributed by atoms with Gasteiger partial charge in [0.25, 0.3) is 5.56 Å². The van der Waals surface area contributed by atoms with Gasteiger partial charge >= 0.3 is 0 Å². The van der Waals surface area contributed by atoms with Crippen molar-refractivity contribution in [2.24, 2.45) is 5.92 Å². The Kier molecular flexibility index (Phi) is 7.95. The Morgan fingerprint density at radius 2 is 1.97 bits per heavy atom. The first-order valence-corrected chi connectivity index (χ1v) is 12.1. The summed E-state index contributed by atoms with van der Waals surface area (Å²) in [6, 6.07) is 7.53. The molecule has 0 spiro atoms. The number of rotatable bonds is 8. The van der Waals surface area contributed by atoms with Gasteiger partial charge in [-0.3, -0.25) is 19.4 Å². The molecule has 1 aromatic carbocycles. The van der Waals surface area contributed by atoms with Crippen LogP contribution in [0.5, 0.6) is 0 Å². The lowest BCUT2D eigenvalue weighted by atomic mass is 10.1. The zero-order valence-corrected chi connectivity index (χ0v) is 19.7. The second kappa shape index (κ2) is 11.3. The molecular weight excluding hydrogens is 434 g/mol. The summed E-state index contributed by atoms with van der Waals surface area (Å²) in [6.45, 7) is 4.76. The van der Waals surface area contributed by atoms with Gasteiger partial charge in [0.1, 0.15) is 0 Å². The van der Waals surface area contributed by atoms with E-state index in [1.165, 1.54) is 0 Å². The molecule has 2 aromatic rings. The lowest BCUT2D eigenvalue weighted by Crippen LogP contribution is -2.38. The molecule has 34 heavy (non-hydrogen) atoms. The highest BCUT2D eigenvalue weighted by atomic mass is 16.5. The predicted octanol–water partition coefficient (Wildman–Crippen LogP) is 2.29. The third-order valence-corrected chi connectivity index (χ3v) is 6.53. The highest BCUT2D eigenvalue weighted by molar-refractivity contribution is 5.92. The van der Waals surface area contributed by atoms with Crippen LogP contribution < -0.4 is 21.1 Å². The van der Waals surface area contributed by atoms with Crippen molar-refractivity contribution >= 4 is 23.5 Å². The number of benzene rings is 1. The van der Waals surface area contributed by atoms with Crippen LogP contribution in [-0.4, -0.2) is 48.1 Å². The number of H-pyrrole nitrogens is 1. The molecule has 182 valence electrons. The Hall–Kier alpha value is -3.20. The lowest BCUT2D eigenvalue weighted by Gasteiger charge is -2.27. The molecule has 3 N–H and O–H groups in total. The minimum Gasteiger partial charge on any atom is -0.378 e. The summed E-state index contributed by atoms with van der Waals surface area (Å²) in [5.41, 5.74) is 2.63. The number of aryl methyl sites for hydroxylation is 1. The maximum absolute atomic E-state index is 12.6. The monoisotopic (exact) mass is 467 g/mol. The van der Waals surface area contributed by atoms with Gasteiger partial charge in [-0.25, -0.2) is 4.98 Å². The van der Waals surface area contributed by atoms with Crippen molar-refractivity contribution in [3.63, 3.8) is 0 Å². The van der Waals surface area contributed by atoms with E-state index in [2.05, 4.69) is 20.6 Å². The highest BCUT2D eigenvalue weighted by Crippen LogP contribution is 2.26. The Morgan fingerprint density at radius 3 is 2.71 bits per heavy atom. The number of hydrogen-bond donors (Lipinski definition) is 3. The van der Waals surface area contributed by atoms with Gasteiger partial charge in [0.2, 0.25) is 17.8 Å². The Morgan fingerprint density at radius 1 is 1.21 bits per heavy atom. The van der Waals surface area contributed by atoms with Gasteiger partial charge in [0, 0.05) is 48.9 Å². The van der Waals surface area contributed by atoms with Crippen molar-refractivity contribution < 1.29 is 14.3 Å². The Bertz CT molecular complexity index is 1070. The van der Waals surface area contributed by atoms with E-state index in [4.69, 9.17) is 4.74 Å². The summed E-state index contributed by atoms with van der Waals surface area (Å²) >= 11 is 0. The van der Waals surface area contributed by atoms with Crippen LogP contribution in [0, 0.1) is 12.8 Å². The van der Waals surface area contributed by atoms with Crippen molar-refractivity contribution in [2.45, 2.75) is 52.0 Å². The fourth-order valence-corrected chi connectivity index (χ4v) is 4.53. The molecular formula is C25H33N5O4. The van der Waals surface area contributed by atoms with Crippen molar-refractivity contribution in [3.05, 3.63) is 51.4 Å². The number of amides is 2. The number of carbonyl (C=O) groups is 2. The SMILES string of the molecule is Cc1nc(N2CCOCC2)[nH]c(=O)c1CCC(=O)NCc1cccc(NC(=O)C2CCCC2)c1. The number of nitrogens with zero attached hydrogens (tertiary/aromatic N) is 2. The van der Waals surface area contributed by atoms with E-state index < -0.39 is 0 Å². The largest absolute Gasteiger partial charge is 0.378 e. The van der Waals surface area contributed by atoms with E-state index in [0.717, 1.165) is 36.9 Å². The van der Waals surface area contributed by atoms with E-state index in [9.17, 15) is 14.4 Å². The summed E-state index contributed by atoms with van der Waals surface area (Å²) in [5, 5.41) is 5.89. The number of hydrogen-bond acceptors (Lipinski definition) is 6. The van der Waals surface area contributed by atoms with Crippen molar-refractivity contribution in [1.29, 1.82) is 0 Å². The third-order valence-electron chi connectivity index (χ3n) is 6.53. The molecule has 2 heterocycles. The second-order valence-electron chi connectivity index (χ2n) is 9.00. The minimum atomic E-state index is -0.201. The van der Waals surface area contributed by atoms with Crippen LogP contribution in [0.2, 0.25) is 0 Å². The summed E-state index contributed by atoms with van der Waals surface area (Å²) in [7, 11) is 0. The van der Waals surface area contributed by atoms with Crippen LogP contribution in [0.3, 0.4) is 0 Å². The first-order chi connectivity index (χ1) is 16.5. The fraction of sp³-hybridized carbons (Fsp3) is 0.520. The fourth-order valence-electron chi connectivity index (χ4n) is 4.53. The highest BCUT2D eigenvalue weighted by Gasteiger charge is 2.22. The summed E-state index contributed by atoms with van der Waals surface area (Å²) in [6.07, 6.45) is 4.65. The maximum Gasteiger partial charge on any atom is 0.255 e. The van der Waals surface area contributed by atoms with Gasteiger partial charge in [0.05, 0.1) is 13.2 Å². The molecule has 0 unspecified atom stereocenters. The van der Waals surface area contributed by atoms with Gasteiger partial charge in [0.15, 0.2) is 0 Å². The van der Waals surface area contributed by atoms with Gasteiger partial charge in [-0.15, -0.1) is 0 Å².